The third-order valence-electron chi connectivity index (χ3n) is 11.1. The van der Waals surface area contributed by atoms with Crippen LogP contribution in [0.4, 0.5) is 0 Å². The average molecular weight is 930 g/mol. The van der Waals surface area contributed by atoms with Crippen molar-refractivity contribution in [2.45, 2.75) is 232 Å². The molecular weight excluding hydrogens is 830 g/mol. The van der Waals surface area contributed by atoms with Gasteiger partial charge in [-0.1, -0.05) is 234 Å². The summed E-state index contributed by atoms with van der Waals surface area (Å²) in [5, 5.41) is 0. The van der Waals surface area contributed by atoms with Gasteiger partial charge in [-0.25, -0.2) is 4.57 Å². The average Bonchev–Trinajstić information content (AvgIpc) is 3.30. The van der Waals surface area contributed by atoms with E-state index in [2.05, 4.69) is 98.9 Å². The van der Waals surface area contributed by atoms with Crippen molar-refractivity contribution in [3.63, 3.8) is 0 Å². The van der Waals surface area contributed by atoms with Crippen LogP contribution in [0, 0.1) is 0 Å². The van der Waals surface area contributed by atoms with Gasteiger partial charge in [-0.2, -0.15) is 0 Å². The first kappa shape index (κ1) is 62.7. The lowest BCUT2D eigenvalue weighted by atomic mass is 10.0. The van der Waals surface area contributed by atoms with E-state index in [0.29, 0.717) is 13.0 Å². The van der Waals surface area contributed by atoms with Crippen LogP contribution in [0.1, 0.15) is 226 Å². The summed E-state index contributed by atoms with van der Waals surface area (Å²) in [7, 11) is -4.30. The smallest absolute Gasteiger partial charge is 0.457 e. The molecule has 0 aliphatic heterocycles. The summed E-state index contributed by atoms with van der Waals surface area (Å²) >= 11 is 0. The first-order valence-corrected chi connectivity index (χ1v) is 28.1. The Morgan fingerprint density at radius 2 is 0.862 bits per heavy atom. The molecule has 3 N–H and O–H groups in total. The molecule has 0 rings (SSSR count). The molecule has 0 saturated heterocycles. The molecule has 8 nitrogen and oxygen atoms in total. The molecule has 0 heterocycles. The van der Waals surface area contributed by atoms with E-state index in [4.69, 9.17) is 24.3 Å². The first-order chi connectivity index (χ1) is 31.9. The largest absolute Gasteiger partial charge is 0.472 e. The number of unbranched alkanes of at least 4 members (excludes halogenated alkanes) is 23. The zero-order valence-corrected chi connectivity index (χ0v) is 42.8. The van der Waals surface area contributed by atoms with E-state index < -0.39 is 13.9 Å². The molecule has 0 aliphatic carbocycles. The van der Waals surface area contributed by atoms with Crippen molar-refractivity contribution < 1.29 is 32.8 Å². The Kier molecular flexibility index (Phi) is 50.8. The second kappa shape index (κ2) is 52.6. The van der Waals surface area contributed by atoms with Crippen LogP contribution in [-0.4, -0.2) is 49.9 Å². The Morgan fingerprint density at radius 3 is 1.28 bits per heavy atom. The second-order valence-electron chi connectivity index (χ2n) is 17.4. The van der Waals surface area contributed by atoms with Gasteiger partial charge in [0, 0.05) is 19.6 Å². The molecule has 2 atom stereocenters. The van der Waals surface area contributed by atoms with Crippen LogP contribution in [0.2, 0.25) is 0 Å². The number of rotatable bonds is 50. The number of phosphoric acid groups is 1. The fourth-order valence-corrected chi connectivity index (χ4v) is 7.98. The van der Waals surface area contributed by atoms with E-state index in [1.165, 1.54) is 122 Å². The van der Waals surface area contributed by atoms with Gasteiger partial charge in [0.05, 0.1) is 19.8 Å². The van der Waals surface area contributed by atoms with Crippen molar-refractivity contribution in [3.8, 4) is 0 Å². The van der Waals surface area contributed by atoms with E-state index in [1.54, 1.807) is 0 Å². The molecule has 376 valence electrons. The molecule has 0 aliphatic rings. The van der Waals surface area contributed by atoms with E-state index in [-0.39, 0.29) is 38.8 Å². The van der Waals surface area contributed by atoms with Gasteiger partial charge in [0.2, 0.25) is 0 Å². The highest BCUT2D eigenvalue weighted by Crippen LogP contribution is 2.43. The van der Waals surface area contributed by atoms with Gasteiger partial charge in [0.15, 0.2) is 0 Å². The number of allylic oxidation sites excluding steroid dienone is 14. The second-order valence-corrected chi connectivity index (χ2v) is 18.8. The van der Waals surface area contributed by atoms with Crippen molar-refractivity contribution in [1.82, 2.24) is 0 Å². The summed E-state index contributed by atoms with van der Waals surface area (Å²) in [6.07, 6.45) is 69.1. The molecule has 0 amide bonds. The van der Waals surface area contributed by atoms with Crippen LogP contribution >= 0.6 is 7.82 Å². The number of nitrogens with two attached hydrogens (primary N) is 1. The Bertz CT molecular complexity index is 1270. The Balaban J connectivity index is 4.02. The molecule has 0 aromatic carbocycles. The summed E-state index contributed by atoms with van der Waals surface area (Å²) < 4.78 is 33.6. The molecule has 0 fully saturated rings. The lowest BCUT2D eigenvalue weighted by Gasteiger charge is -2.20. The number of ether oxygens (including phenoxy) is 2. The number of hydrogen-bond acceptors (Lipinski definition) is 7. The molecule has 2 unspecified atom stereocenters. The van der Waals surface area contributed by atoms with Crippen molar-refractivity contribution in [3.05, 3.63) is 85.1 Å². The number of hydrogen-bond donors (Lipinski definition) is 2. The van der Waals surface area contributed by atoms with E-state index in [0.717, 1.165) is 77.0 Å². The van der Waals surface area contributed by atoms with Gasteiger partial charge in [0.1, 0.15) is 6.10 Å². The predicted molar refractivity (Wildman–Crippen MR) is 279 cm³/mol. The molecule has 0 spiro atoms. The highest BCUT2D eigenvalue weighted by Gasteiger charge is 2.25. The molecule has 9 heteroatoms. The summed E-state index contributed by atoms with van der Waals surface area (Å²) in [6, 6.07) is 0. The number of carbonyl (C=O) groups is 1. The highest BCUT2D eigenvalue weighted by atomic mass is 31.2. The molecule has 0 radical (unpaired) electrons. The Hall–Kier alpha value is -2.32. The van der Waals surface area contributed by atoms with Crippen LogP contribution in [0.15, 0.2) is 85.1 Å². The van der Waals surface area contributed by atoms with Crippen molar-refractivity contribution in [1.29, 1.82) is 0 Å². The normalized spacial score (nSPS) is 14.0. The maximum atomic E-state index is 12.7. The Morgan fingerprint density at radius 1 is 0.477 bits per heavy atom. The quantitative estimate of drug-likeness (QED) is 0.0268. The zero-order valence-electron chi connectivity index (χ0n) is 42.0. The standard InChI is InChI=1S/C56H100NO7P/c1-3-5-7-9-11-13-15-17-19-21-23-25-26-27-28-29-31-33-35-37-39-41-43-45-47-49-56(58)64-55(54-63-65(59,60)62-52-50-57)53-61-51-48-46-44-42-40-38-36-34-32-30-24-22-20-18-16-14-12-10-8-6-4-2/h5,7,11,13,17,19,23,25,27-28,31,33,37,39,55H,3-4,6,8-10,12,14-16,18,20-22,24,26,29-30,32,34-36,38,40-54,57H2,1-2H3,(H,59,60)/b7-5-,13-11-,19-17-,25-23-,28-27-,33-31-,39-37-. The molecule has 0 aromatic heterocycles. The zero-order chi connectivity index (χ0) is 47.3. The van der Waals surface area contributed by atoms with E-state index in [1.807, 2.05) is 0 Å². The predicted octanol–water partition coefficient (Wildman–Crippen LogP) is 16.8. The molecule has 0 saturated carbocycles. The minimum absolute atomic E-state index is 0.0915. The van der Waals surface area contributed by atoms with Crippen molar-refractivity contribution >= 4 is 13.8 Å². The van der Waals surface area contributed by atoms with Crippen LogP contribution in [0.5, 0.6) is 0 Å². The topological polar surface area (TPSA) is 117 Å². The van der Waals surface area contributed by atoms with E-state index >= 15 is 0 Å². The summed E-state index contributed by atoms with van der Waals surface area (Å²) in [4.78, 5) is 22.6. The summed E-state index contributed by atoms with van der Waals surface area (Å²) in [5.74, 6) is -0.361. The molecule has 0 aromatic rings. The Labute approximate surface area is 400 Å². The lowest BCUT2D eigenvalue weighted by Crippen LogP contribution is -2.28. The van der Waals surface area contributed by atoms with Gasteiger partial charge in [0.25, 0.3) is 0 Å². The van der Waals surface area contributed by atoms with Crippen molar-refractivity contribution in [2.75, 3.05) is 33.0 Å². The minimum atomic E-state index is -4.30. The van der Waals surface area contributed by atoms with Crippen LogP contribution < -0.4 is 5.73 Å². The summed E-state index contributed by atoms with van der Waals surface area (Å²) in [6.45, 7) is 4.78. The number of carbonyl (C=O) groups excluding carboxylic acids is 1. The van der Waals surface area contributed by atoms with Gasteiger partial charge >= 0.3 is 13.8 Å². The van der Waals surface area contributed by atoms with Crippen LogP contribution in [-0.2, 0) is 27.9 Å². The first-order valence-electron chi connectivity index (χ1n) is 26.6. The lowest BCUT2D eigenvalue weighted by molar-refractivity contribution is -0.154. The van der Waals surface area contributed by atoms with Gasteiger partial charge < -0.3 is 20.1 Å². The minimum Gasteiger partial charge on any atom is -0.457 e. The number of esters is 1. The monoisotopic (exact) mass is 930 g/mol. The van der Waals surface area contributed by atoms with Crippen molar-refractivity contribution in [2.24, 2.45) is 5.73 Å². The maximum absolute atomic E-state index is 12.7. The molecular formula is C56H100NO7P. The third-order valence-corrected chi connectivity index (χ3v) is 12.1. The molecule has 65 heavy (non-hydrogen) atoms. The molecule has 0 bridgehead atoms. The summed E-state index contributed by atoms with van der Waals surface area (Å²) in [5.41, 5.74) is 5.39. The maximum Gasteiger partial charge on any atom is 0.472 e. The fraction of sp³-hybridized carbons (Fsp3) is 0.732. The highest BCUT2D eigenvalue weighted by molar-refractivity contribution is 7.47. The SMILES string of the molecule is CC/C=C\C/C=C\C/C=C\C/C=C\C/C=C\C/C=C\C/C=C\CCCCCC(=O)OC(COCCCCCCCCCCCCCCCCCCCCCCC)COP(=O)(O)OCCN. The van der Waals surface area contributed by atoms with Crippen LogP contribution in [0.3, 0.4) is 0 Å². The third kappa shape index (κ3) is 52.5. The van der Waals surface area contributed by atoms with Gasteiger partial charge in [-0.3, -0.25) is 13.8 Å². The van der Waals surface area contributed by atoms with Gasteiger partial charge in [-0.15, -0.1) is 0 Å². The fourth-order valence-electron chi connectivity index (χ4n) is 7.21. The number of phosphoric ester groups is 1. The van der Waals surface area contributed by atoms with Gasteiger partial charge in [-0.05, 0) is 70.6 Å². The van der Waals surface area contributed by atoms with E-state index in [9.17, 15) is 14.3 Å². The van der Waals surface area contributed by atoms with Crippen LogP contribution in [0.25, 0.3) is 0 Å².